The van der Waals surface area contributed by atoms with Crippen molar-refractivity contribution < 1.29 is 23.8 Å². The third kappa shape index (κ3) is 8.00. The lowest BCUT2D eigenvalue weighted by molar-refractivity contribution is -0.146. The van der Waals surface area contributed by atoms with Gasteiger partial charge in [0.05, 0.1) is 19.9 Å². The number of hydrogen-bond acceptors (Lipinski definition) is 6. The standard InChI is InChI=1S/C38H53FN4O4/c1-7-42(37(25(3)4)38(44)45)32-21-29(33(23-32)28-10-9-11-30(39)20-28)24-41-16-14-27(15-17-41)34-22-31(40-43(34)8-2)18-26-12-13-35(46-5)36(19-26)47-6/h9-13,19-20,22,25,27,29,32-33,37H,7-8,14-18,21,23-24H2,1-6H3,(H,44,45)/t29?,32?,33?,37-/m1/s1. The molecule has 0 bridgehead atoms. The molecule has 4 atom stereocenters. The van der Waals surface area contributed by atoms with Crippen LogP contribution in [-0.4, -0.2) is 83.1 Å². The van der Waals surface area contributed by atoms with E-state index in [1.807, 2.05) is 38.1 Å². The van der Waals surface area contributed by atoms with Gasteiger partial charge in [0.2, 0.25) is 0 Å². The number of aryl methyl sites for hydroxylation is 1. The van der Waals surface area contributed by atoms with Gasteiger partial charge in [-0.3, -0.25) is 14.4 Å². The fourth-order valence-corrected chi connectivity index (χ4v) is 8.30. The van der Waals surface area contributed by atoms with Gasteiger partial charge in [0.1, 0.15) is 11.9 Å². The topological polar surface area (TPSA) is 80.1 Å². The second-order valence-corrected chi connectivity index (χ2v) is 13.7. The molecule has 47 heavy (non-hydrogen) atoms. The van der Waals surface area contributed by atoms with Gasteiger partial charge in [-0.2, -0.15) is 5.10 Å². The fourth-order valence-electron chi connectivity index (χ4n) is 8.30. The van der Waals surface area contributed by atoms with Crippen molar-refractivity contribution >= 4 is 5.97 Å². The second kappa shape index (κ2) is 15.6. The van der Waals surface area contributed by atoms with Gasteiger partial charge in [0, 0.05) is 37.2 Å². The van der Waals surface area contributed by atoms with Crippen molar-refractivity contribution in [3.8, 4) is 11.5 Å². The number of likely N-dealkylation sites (tertiary alicyclic amines) is 1. The molecule has 5 rings (SSSR count). The van der Waals surface area contributed by atoms with E-state index in [0.717, 1.165) is 86.6 Å². The van der Waals surface area contributed by atoms with Crippen LogP contribution < -0.4 is 9.47 Å². The van der Waals surface area contributed by atoms with Crippen LogP contribution in [0.3, 0.4) is 0 Å². The number of rotatable bonds is 14. The van der Waals surface area contributed by atoms with Crippen LogP contribution in [0.5, 0.6) is 11.5 Å². The Hall–Kier alpha value is -3.43. The lowest BCUT2D eigenvalue weighted by Crippen LogP contribution is -2.49. The third-order valence-corrected chi connectivity index (χ3v) is 10.5. The summed E-state index contributed by atoms with van der Waals surface area (Å²) in [6, 6.07) is 15.0. The molecule has 2 aliphatic rings. The van der Waals surface area contributed by atoms with E-state index in [-0.39, 0.29) is 23.7 Å². The lowest BCUT2D eigenvalue weighted by atomic mass is 9.87. The monoisotopic (exact) mass is 648 g/mol. The first kappa shape index (κ1) is 34.9. The Morgan fingerprint density at radius 1 is 1.04 bits per heavy atom. The van der Waals surface area contributed by atoms with Crippen LogP contribution >= 0.6 is 0 Å². The molecule has 0 radical (unpaired) electrons. The Labute approximate surface area is 279 Å². The molecule has 1 aromatic heterocycles. The van der Waals surface area contributed by atoms with Crippen LogP contribution in [0.25, 0.3) is 0 Å². The molecule has 2 aromatic carbocycles. The van der Waals surface area contributed by atoms with E-state index in [0.29, 0.717) is 18.4 Å². The Balaban J connectivity index is 1.27. The molecule has 1 aliphatic heterocycles. The number of carbonyl (C=O) groups is 1. The number of carboxylic acid groups (broad SMARTS) is 1. The van der Waals surface area contributed by atoms with Crippen LogP contribution in [0.2, 0.25) is 0 Å². The van der Waals surface area contributed by atoms with Crippen LogP contribution in [-0.2, 0) is 17.8 Å². The van der Waals surface area contributed by atoms with E-state index >= 15 is 0 Å². The summed E-state index contributed by atoms with van der Waals surface area (Å²) in [6.45, 7) is 12.7. The molecule has 256 valence electrons. The number of likely N-dealkylation sites (N-methyl/N-ethyl adjacent to an activating group) is 1. The minimum atomic E-state index is -0.757. The van der Waals surface area contributed by atoms with Gasteiger partial charge in [-0.15, -0.1) is 0 Å². The Bertz CT molecular complexity index is 1480. The van der Waals surface area contributed by atoms with Crippen molar-refractivity contribution in [2.24, 2.45) is 11.8 Å². The first-order valence-corrected chi connectivity index (χ1v) is 17.4. The number of halogens is 1. The minimum Gasteiger partial charge on any atom is -0.493 e. The molecular formula is C38H53FN4O4. The number of carboxylic acids is 1. The number of ether oxygens (including phenoxy) is 2. The zero-order valence-electron chi connectivity index (χ0n) is 29.0. The molecule has 2 fully saturated rings. The van der Waals surface area contributed by atoms with E-state index in [1.165, 1.54) is 11.8 Å². The van der Waals surface area contributed by atoms with Crippen LogP contribution in [0.1, 0.15) is 87.7 Å². The summed E-state index contributed by atoms with van der Waals surface area (Å²) < 4.78 is 27.5. The van der Waals surface area contributed by atoms with Crippen molar-refractivity contribution in [2.75, 3.05) is 40.4 Å². The largest absolute Gasteiger partial charge is 0.493 e. The zero-order chi connectivity index (χ0) is 33.7. The van der Waals surface area contributed by atoms with Gasteiger partial charge in [0.15, 0.2) is 11.5 Å². The van der Waals surface area contributed by atoms with Crippen molar-refractivity contribution in [1.82, 2.24) is 19.6 Å². The van der Waals surface area contributed by atoms with Gasteiger partial charge in [-0.25, -0.2) is 4.39 Å². The Morgan fingerprint density at radius 2 is 1.79 bits per heavy atom. The molecule has 3 aromatic rings. The average molecular weight is 649 g/mol. The molecule has 1 saturated carbocycles. The van der Waals surface area contributed by atoms with Crippen LogP contribution in [0.15, 0.2) is 48.5 Å². The molecule has 1 aliphatic carbocycles. The molecule has 1 saturated heterocycles. The number of nitrogens with zero attached hydrogens (tertiary/aromatic N) is 4. The highest BCUT2D eigenvalue weighted by Crippen LogP contribution is 2.44. The van der Waals surface area contributed by atoms with Crippen molar-refractivity contribution in [3.63, 3.8) is 0 Å². The van der Waals surface area contributed by atoms with Gasteiger partial charge in [0.25, 0.3) is 0 Å². The quantitative estimate of drug-likeness (QED) is 0.206. The molecule has 8 nitrogen and oxygen atoms in total. The van der Waals surface area contributed by atoms with Gasteiger partial charge in [-0.05, 0) is 111 Å². The van der Waals surface area contributed by atoms with Crippen molar-refractivity contribution in [3.05, 3.63) is 76.9 Å². The summed E-state index contributed by atoms with van der Waals surface area (Å²) >= 11 is 0. The van der Waals surface area contributed by atoms with Crippen molar-refractivity contribution in [2.45, 2.75) is 90.3 Å². The maximum Gasteiger partial charge on any atom is 0.321 e. The number of aromatic nitrogens is 2. The minimum absolute atomic E-state index is 0.00857. The molecule has 9 heteroatoms. The highest BCUT2D eigenvalue weighted by molar-refractivity contribution is 5.73. The van der Waals surface area contributed by atoms with Crippen LogP contribution in [0.4, 0.5) is 4.39 Å². The highest BCUT2D eigenvalue weighted by atomic mass is 19.1. The van der Waals surface area contributed by atoms with E-state index < -0.39 is 12.0 Å². The van der Waals surface area contributed by atoms with Crippen molar-refractivity contribution in [1.29, 1.82) is 0 Å². The Kier molecular flexibility index (Phi) is 11.6. The molecular weight excluding hydrogens is 595 g/mol. The lowest BCUT2D eigenvalue weighted by Gasteiger charge is -2.36. The van der Waals surface area contributed by atoms with Gasteiger partial charge >= 0.3 is 5.97 Å². The summed E-state index contributed by atoms with van der Waals surface area (Å²) in [5, 5.41) is 15.1. The summed E-state index contributed by atoms with van der Waals surface area (Å²) in [6.07, 6.45) is 4.65. The zero-order valence-corrected chi connectivity index (χ0v) is 29.0. The summed E-state index contributed by atoms with van der Waals surface area (Å²) in [7, 11) is 3.31. The number of hydrogen-bond donors (Lipinski definition) is 1. The molecule has 3 unspecified atom stereocenters. The first-order valence-electron chi connectivity index (χ1n) is 17.4. The normalized spacial score (nSPS) is 21.4. The van der Waals surface area contributed by atoms with E-state index in [1.54, 1.807) is 20.3 Å². The number of aliphatic carboxylic acids is 1. The van der Waals surface area contributed by atoms with Crippen LogP contribution in [0, 0.1) is 17.7 Å². The SMILES string of the molecule is CCN(C1CC(CN2CCC(c3cc(Cc4ccc(OC)c(OC)c4)nn3CC)CC2)C(c2cccc(F)c2)C1)[C@@H](C(=O)O)C(C)C. The van der Waals surface area contributed by atoms with E-state index in [4.69, 9.17) is 14.6 Å². The van der Waals surface area contributed by atoms with E-state index in [2.05, 4.69) is 40.5 Å². The predicted octanol–water partition coefficient (Wildman–Crippen LogP) is 6.82. The average Bonchev–Trinajstić information content (AvgIpc) is 3.67. The predicted molar refractivity (Wildman–Crippen MR) is 183 cm³/mol. The summed E-state index contributed by atoms with van der Waals surface area (Å²) in [5.74, 6) is 1.48. The van der Waals surface area contributed by atoms with Gasteiger partial charge in [-0.1, -0.05) is 39.0 Å². The number of benzene rings is 2. The molecule has 1 N–H and O–H groups in total. The molecule has 0 spiro atoms. The third-order valence-electron chi connectivity index (χ3n) is 10.5. The first-order chi connectivity index (χ1) is 22.6. The number of methoxy groups -OCH3 is 2. The summed E-state index contributed by atoms with van der Waals surface area (Å²) in [5.41, 5.74) is 4.55. The molecule has 2 heterocycles. The fraction of sp³-hybridized carbons (Fsp3) is 0.579. The molecule has 0 amide bonds. The second-order valence-electron chi connectivity index (χ2n) is 13.7. The van der Waals surface area contributed by atoms with E-state index in [9.17, 15) is 14.3 Å². The highest BCUT2D eigenvalue weighted by Gasteiger charge is 2.42. The summed E-state index contributed by atoms with van der Waals surface area (Å²) in [4.78, 5) is 17.1. The van der Waals surface area contributed by atoms with Gasteiger partial charge < -0.3 is 19.5 Å². The maximum atomic E-state index is 14.4. The smallest absolute Gasteiger partial charge is 0.321 e. The number of piperidine rings is 1. The maximum absolute atomic E-state index is 14.4. The Morgan fingerprint density at radius 3 is 2.40 bits per heavy atom.